The Morgan fingerprint density at radius 1 is 1.33 bits per heavy atom. The van der Waals surface area contributed by atoms with Crippen LogP contribution < -0.4 is 10.1 Å². The molecule has 2 aromatic heterocycles. The summed E-state index contributed by atoms with van der Waals surface area (Å²) in [7, 11) is 1.80. The van der Waals surface area contributed by atoms with E-state index >= 15 is 0 Å². The van der Waals surface area contributed by atoms with Crippen molar-refractivity contribution in [2.75, 3.05) is 11.9 Å². The van der Waals surface area contributed by atoms with Crippen LogP contribution in [0, 0.1) is 19.7 Å². The van der Waals surface area contributed by atoms with E-state index in [4.69, 9.17) is 4.74 Å². The fourth-order valence-corrected chi connectivity index (χ4v) is 2.59. The predicted octanol–water partition coefficient (Wildman–Crippen LogP) is 2.74. The van der Waals surface area contributed by atoms with Gasteiger partial charge in [0.2, 0.25) is 5.88 Å². The van der Waals surface area contributed by atoms with Gasteiger partial charge in [0, 0.05) is 18.5 Å². The van der Waals surface area contributed by atoms with Crippen molar-refractivity contribution in [1.82, 2.24) is 14.8 Å². The van der Waals surface area contributed by atoms with Crippen molar-refractivity contribution >= 4 is 22.6 Å². The first-order valence-corrected chi connectivity index (χ1v) is 7.44. The lowest BCUT2D eigenvalue weighted by atomic mass is 10.2. The number of aromatic nitrogens is 3. The zero-order valence-electron chi connectivity index (χ0n) is 13.6. The van der Waals surface area contributed by atoms with E-state index in [0.717, 1.165) is 16.6 Å². The van der Waals surface area contributed by atoms with Gasteiger partial charge in [-0.05, 0) is 31.5 Å². The molecule has 0 fully saturated rings. The quantitative estimate of drug-likeness (QED) is 0.799. The topological polar surface area (TPSA) is 69.0 Å². The molecule has 0 radical (unpaired) electrons. The molecule has 0 unspecified atom stereocenters. The summed E-state index contributed by atoms with van der Waals surface area (Å²) >= 11 is 0. The molecule has 0 spiro atoms. The number of nitrogens with one attached hydrogen (secondary N) is 1. The zero-order chi connectivity index (χ0) is 17.3. The minimum Gasteiger partial charge on any atom is -0.467 e. The molecule has 0 bridgehead atoms. The first-order valence-electron chi connectivity index (χ1n) is 7.44. The average Bonchev–Trinajstić information content (AvgIpc) is 2.82. The van der Waals surface area contributed by atoms with E-state index in [1.807, 2.05) is 13.8 Å². The van der Waals surface area contributed by atoms with Crippen LogP contribution in [-0.4, -0.2) is 27.3 Å². The number of aryl methyl sites for hydroxylation is 3. The molecule has 3 rings (SSSR count). The number of carbonyl (C=O) groups is 1. The van der Waals surface area contributed by atoms with Gasteiger partial charge in [-0.1, -0.05) is 12.1 Å². The van der Waals surface area contributed by atoms with E-state index in [0.29, 0.717) is 11.5 Å². The van der Waals surface area contributed by atoms with Crippen LogP contribution in [0.15, 0.2) is 30.3 Å². The lowest BCUT2D eigenvalue weighted by molar-refractivity contribution is -0.118. The fraction of sp³-hybridized carbons (Fsp3) is 0.235. The van der Waals surface area contributed by atoms with Gasteiger partial charge < -0.3 is 10.1 Å². The van der Waals surface area contributed by atoms with E-state index in [2.05, 4.69) is 15.4 Å². The first kappa shape index (κ1) is 15.9. The Balaban J connectivity index is 1.73. The normalized spacial score (nSPS) is 10.8. The molecule has 0 atom stereocenters. The maximum Gasteiger partial charge on any atom is 0.262 e. The Labute approximate surface area is 138 Å². The second-order valence-corrected chi connectivity index (χ2v) is 5.50. The van der Waals surface area contributed by atoms with Crippen molar-refractivity contribution in [3.05, 3.63) is 47.4 Å². The summed E-state index contributed by atoms with van der Waals surface area (Å²) < 4.78 is 20.6. The summed E-state index contributed by atoms with van der Waals surface area (Å²) in [5.74, 6) is -0.626. The van der Waals surface area contributed by atoms with Crippen molar-refractivity contribution in [3.63, 3.8) is 0 Å². The highest BCUT2D eigenvalue weighted by Gasteiger charge is 2.13. The molecule has 0 aliphatic rings. The van der Waals surface area contributed by atoms with Crippen molar-refractivity contribution in [2.45, 2.75) is 13.8 Å². The Morgan fingerprint density at radius 3 is 2.83 bits per heavy atom. The monoisotopic (exact) mass is 328 g/mol. The summed E-state index contributed by atoms with van der Waals surface area (Å²) in [5, 5.41) is 7.77. The van der Waals surface area contributed by atoms with Gasteiger partial charge in [0.25, 0.3) is 5.91 Å². The largest absolute Gasteiger partial charge is 0.467 e. The highest BCUT2D eigenvalue weighted by molar-refractivity contribution is 5.92. The number of fused-ring (bicyclic) bond motifs is 1. The van der Waals surface area contributed by atoms with Crippen molar-refractivity contribution in [2.24, 2.45) is 7.05 Å². The summed E-state index contributed by atoms with van der Waals surface area (Å²) in [6.07, 6.45) is 0. The minimum atomic E-state index is -0.494. The smallest absolute Gasteiger partial charge is 0.262 e. The molecule has 1 N–H and O–H groups in total. The van der Waals surface area contributed by atoms with Crippen LogP contribution in [0.3, 0.4) is 0 Å². The molecule has 2 heterocycles. The summed E-state index contributed by atoms with van der Waals surface area (Å²) in [6.45, 7) is 3.59. The maximum absolute atomic E-state index is 13.5. The SMILES string of the molecule is Cc1cc(OCC(=O)Nc2ccccc2F)nc2c1c(C)nn2C. The van der Waals surface area contributed by atoms with Crippen molar-refractivity contribution in [1.29, 1.82) is 0 Å². The van der Waals surface area contributed by atoms with Gasteiger partial charge >= 0.3 is 0 Å². The van der Waals surface area contributed by atoms with Gasteiger partial charge in [-0.15, -0.1) is 0 Å². The Bertz CT molecular complexity index is 920. The van der Waals surface area contributed by atoms with Gasteiger partial charge in [0.05, 0.1) is 11.4 Å². The number of amides is 1. The second-order valence-electron chi connectivity index (χ2n) is 5.50. The molecule has 0 aliphatic heterocycles. The number of ether oxygens (including phenoxy) is 1. The van der Waals surface area contributed by atoms with Gasteiger partial charge in [0.1, 0.15) is 5.82 Å². The van der Waals surface area contributed by atoms with Gasteiger partial charge in [-0.25, -0.2) is 4.39 Å². The highest BCUT2D eigenvalue weighted by atomic mass is 19.1. The Hall–Kier alpha value is -2.96. The van der Waals surface area contributed by atoms with Crippen LogP contribution in [0.4, 0.5) is 10.1 Å². The molecule has 0 saturated heterocycles. The highest BCUT2D eigenvalue weighted by Crippen LogP contribution is 2.23. The number of para-hydroxylation sites is 1. The molecule has 7 heteroatoms. The number of halogens is 1. The summed E-state index contributed by atoms with van der Waals surface area (Å²) in [4.78, 5) is 16.3. The number of nitrogens with zero attached hydrogens (tertiary/aromatic N) is 3. The molecule has 24 heavy (non-hydrogen) atoms. The van der Waals surface area contributed by atoms with Gasteiger partial charge in [0.15, 0.2) is 12.3 Å². The third-order valence-electron chi connectivity index (χ3n) is 3.64. The summed E-state index contributed by atoms with van der Waals surface area (Å²) in [6, 6.07) is 7.72. The van der Waals surface area contributed by atoms with Crippen LogP contribution in [0.25, 0.3) is 11.0 Å². The number of rotatable bonds is 4. The Kier molecular flexibility index (Phi) is 4.16. The molecule has 3 aromatic rings. The number of anilines is 1. The lowest BCUT2D eigenvalue weighted by Gasteiger charge is -2.09. The van der Waals surface area contributed by atoms with Crippen molar-refractivity contribution < 1.29 is 13.9 Å². The van der Waals surface area contributed by atoms with Crippen LogP contribution in [0.2, 0.25) is 0 Å². The molecule has 6 nitrogen and oxygen atoms in total. The number of hydrogen-bond acceptors (Lipinski definition) is 4. The zero-order valence-corrected chi connectivity index (χ0v) is 13.6. The molecular weight excluding hydrogens is 311 g/mol. The third-order valence-corrected chi connectivity index (χ3v) is 3.64. The lowest BCUT2D eigenvalue weighted by Crippen LogP contribution is -2.21. The summed E-state index contributed by atoms with van der Waals surface area (Å²) in [5.41, 5.74) is 2.67. The number of carbonyl (C=O) groups excluding carboxylic acids is 1. The van der Waals surface area contributed by atoms with Crippen LogP contribution in [0.1, 0.15) is 11.3 Å². The minimum absolute atomic E-state index is 0.118. The molecular formula is C17H17FN4O2. The molecule has 124 valence electrons. The molecule has 1 amide bonds. The van der Waals surface area contributed by atoms with E-state index < -0.39 is 11.7 Å². The first-order chi connectivity index (χ1) is 11.5. The van der Waals surface area contributed by atoms with E-state index in [1.54, 1.807) is 29.9 Å². The van der Waals surface area contributed by atoms with Crippen LogP contribution in [-0.2, 0) is 11.8 Å². The number of pyridine rings is 1. The van der Waals surface area contributed by atoms with E-state index in [1.165, 1.54) is 12.1 Å². The van der Waals surface area contributed by atoms with Crippen molar-refractivity contribution in [3.8, 4) is 5.88 Å². The average molecular weight is 328 g/mol. The van der Waals surface area contributed by atoms with Crippen LogP contribution in [0.5, 0.6) is 5.88 Å². The standard InChI is InChI=1S/C17H17FN4O2/c1-10-8-15(20-17-16(10)11(2)21-22(17)3)24-9-14(23)19-13-7-5-4-6-12(13)18/h4-8H,9H2,1-3H3,(H,19,23). The number of benzene rings is 1. The molecule has 1 aromatic carbocycles. The maximum atomic E-state index is 13.5. The van der Waals surface area contributed by atoms with Gasteiger partial charge in [-0.3, -0.25) is 9.48 Å². The van der Waals surface area contributed by atoms with Gasteiger partial charge in [-0.2, -0.15) is 10.1 Å². The molecule has 0 saturated carbocycles. The Morgan fingerprint density at radius 2 is 2.08 bits per heavy atom. The van der Waals surface area contributed by atoms with Crippen LogP contribution >= 0.6 is 0 Å². The predicted molar refractivity (Wildman–Crippen MR) is 88.5 cm³/mol. The third kappa shape index (κ3) is 3.05. The molecule has 0 aliphatic carbocycles. The van der Waals surface area contributed by atoms with E-state index in [-0.39, 0.29) is 12.3 Å². The fourth-order valence-electron chi connectivity index (χ4n) is 2.59. The van der Waals surface area contributed by atoms with E-state index in [9.17, 15) is 9.18 Å². The second kappa shape index (κ2) is 6.27. The number of hydrogen-bond donors (Lipinski definition) is 1.